The highest BCUT2D eigenvalue weighted by Crippen LogP contribution is 1.94. The van der Waals surface area contributed by atoms with Crippen molar-refractivity contribution in [2.45, 2.75) is 0 Å². The maximum Gasteiger partial charge on any atom is 0.0372 e. The fourth-order valence-electron chi connectivity index (χ4n) is 0.205. The van der Waals surface area contributed by atoms with Gasteiger partial charge in [0.15, 0.2) is 0 Å². The normalized spacial score (nSPS) is 17.2. The van der Waals surface area contributed by atoms with Crippen LogP contribution in [0.3, 0.4) is 0 Å². The zero-order valence-electron chi connectivity index (χ0n) is 3.36. The molecule has 0 aromatic carbocycles. The first-order chi connectivity index (χ1) is 2.89. The molecule has 1 heterocycles. The van der Waals surface area contributed by atoms with Gasteiger partial charge in [-0.2, -0.15) is 4.83 Å². The largest absolute Gasteiger partial charge is 0.259 e. The van der Waals surface area contributed by atoms with E-state index >= 15 is 0 Å². The van der Waals surface area contributed by atoms with Gasteiger partial charge in [0.1, 0.15) is 0 Å². The van der Waals surface area contributed by atoms with Gasteiger partial charge in [0.05, 0.1) is 0 Å². The van der Waals surface area contributed by atoms with E-state index in [1.807, 2.05) is 7.05 Å². The Bertz CT molecular complexity index is 101. The fourth-order valence-corrected chi connectivity index (χ4v) is 0.616. The van der Waals surface area contributed by atoms with Crippen molar-refractivity contribution in [1.29, 1.82) is 0 Å². The first kappa shape index (κ1) is 3.85. The molecule has 2 nitrogen and oxygen atoms in total. The van der Waals surface area contributed by atoms with Crippen LogP contribution in [-0.2, 0) is 0 Å². The minimum atomic E-state index is 1.40. The molecule has 0 amide bonds. The molecule has 0 atom stereocenters. The number of hydrazine groups is 1. The number of hydrogen-bond acceptors (Lipinski definition) is 3. The van der Waals surface area contributed by atoms with E-state index in [1.54, 1.807) is 5.01 Å². The molecule has 1 aliphatic heterocycles. The van der Waals surface area contributed by atoms with Gasteiger partial charge < -0.3 is 0 Å². The predicted octanol–water partition coefficient (Wildman–Crippen LogP) is 0.00300. The first-order valence-corrected chi connectivity index (χ1v) is 2.37. The van der Waals surface area contributed by atoms with Gasteiger partial charge in [-0.05, 0) is 0 Å². The lowest BCUT2D eigenvalue weighted by atomic mass is 11.0. The third kappa shape index (κ3) is 0.588. The van der Waals surface area contributed by atoms with E-state index in [9.17, 15) is 0 Å². The SMILES string of the molecule is CN1C#CSN1. The highest BCUT2D eigenvalue weighted by Gasteiger charge is 1.91. The summed E-state index contributed by atoms with van der Waals surface area (Å²) in [5, 5.41) is 4.47. The molecule has 0 fully saturated rings. The summed E-state index contributed by atoms with van der Waals surface area (Å²) in [5.74, 6) is 0. The van der Waals surface area contributed by atoms with Crippen LogP contribution < -0.4 is 4.83 Å². The van der Waals surface area contributed by atoms with Gasteiger partial charge in [0.25, 0.3) is 0 Å². The van der Waals surface area contributed by atoms with Crippen LogP contribution >= 0.6 is 11.9 Å². The molecule has 0 saturated heterocycles. The average Bonchev–Trinajstić information content (AvgIpc) is 1.86. The van der Waals surface area contributed by atoms with Gasteiger partial charge in [-0.1, -0.05) is 0 Å². The van der Waals surface area contributed by atoms with E-state index in [1.165, 1.54) is 11.9 Å². The fraction of sp³-hybridized carbons (Fsp3) is 0.333. The van der Waals surface area contributed by atoms with Gasteiger partial charge in [-0.3, -0.25) is 5.01 Å². The van der Waals surface area contributed by atoms with Crippen LogP contribution in [0.2, 0.25) is 0 Å². The summed E-state index contributed by atoms with van der Waals surface area (Å²) >= 11 is 1.40. The van der Waals surface area contributed by atoms with E-state index in [-0.39, 0.29) is 0 Å². The average molecular weight is 100 g/mol. The Balaban J connectivity index is 2.45. The molecule has 32 valence electrons. The molecule has 1 N–H and O–H groups in total. The number of hydrogen-bond donors (Lipinski definition) is 1. The van der Waals surface area contributed by atoms with Crippen LogP contribution in [0, 0.1) is 11.3 Å². The van der Waals surface area contributed by atoms with E-state index in [0.29, 0.717) is 0 Å². The molecular formula is C3H4N2S. The van der Waals surface area contributed by atoms with Crippen molar-refractivity contribution >= 4 is 11.9 Å². The van der Waals surface area contributed by atoms with Crippen molar-refractivity contribution in [3.05, 3.63) is 0 Å². The van der Waals surface area contributed by atoms with Crippen LogP contribution in [0.15, 0.2) is 0 Å². The number of nitrogens with zero attached hydrogens (tertiary/aromatic N) is 1. The summed E-state index contributed by atoms with van der Waals surface area (Å²) in [6.07, 6.45) is 0. The van der Waals surface area contributed by atoms with Gasteiger partial charge in [-0.15, -0.1) is 0 Å². The smallest absolute Gasteiger partial charge is 0.0372 e. The zero-order chi connectivity index (χ0) is 4.41. The van der Waals surface area contributed by atoms with Crippen molar-refractivity contribution in [3.63, 3.8) is 0 Å². The predicted molar refractivity (Wildman–Crippen MR) is 26.3 cm³/mol. The summed E-state index contributed by atoms with van der Waals surface area (Å²) < 4.78 is 0. The van der Waals surface area contributed by atoms with Gasteiger partial charge in [-0.25, -0.2) is 0 Å². The zero-order valence-corrected chi connectivity index (χ0v) is 4.17. The Kier molecular flexibility index (Phi) is 0.906. The van der Waals surface area contributed by atoms with Gasteiger partial charge >= 0.3 is 0 Å². The van der Waals surface area contributed by atoms with Crippen molar-refractivity contribution < 1.29 is 0 Å². The Morgan fingerprint density at radius 1 is 1.83 bits per heavy atom. The summed E-state index contributed by atoms with van der Waals surface area (Å²) in [6.45, 7) is 0. The van der Waals surface area contributed by atoms with Crippen molar-refractivity contribution in [1.82, 2.24) is 9.84 Å². The molecular weight excluding hydrogens is 96.1 g/mol. The maximum atomic E-state index is 2.85. The molecule has 0 spiro atoms. The van der Waals surface area contributed by atoms with Crippen molar-refractivity contribution in [3.8, 4) is 11.3 Å². The molecule has 0 aromatic rings. The molecule has 1 aliphatic rings. The summed E-state index contributed by atoms with van der Waals surface area (Å²) in [6, 6.07) is 2.75. The topological polar surface area (TPSA) is 15.3 Å². The Morgan fingerprint density at radius 3 is 2.83 bits per heavy atom. The van der Waals surface area contributed by atoms with Crippen molar-refractivity contribution in [2.24, 2.45) is 0 Å². The van der Waals surface area contributed by atoms with Crippen LogP contribution in [0.25, 0.3) is 0 Å². The standard InChI is InChI=1S/C3H4N2S/c1-5-2-3-6-4-5/h4H,1H3. The third-order valence-electron chi connectivity index (χ3n) is 0.447. The molecule has 0 aromatic heterocycles. The first-order valence-electron chi connectivity index (χ1n) is 1.55. The molecule has 0 saturated carbocycles. The van der Waals surface area contributed by atoms with E-state index in [0.717, 1.165) is 0 Å². The lowest BCUT2D eigenvalue weighted by Gasteiger charge is -1.99. The van der Waals surface area contributed by atoms with Crippen molar-refractivity contribution in [2.75, 3.05) is 7.05 Å². The third-order valence-corrected chi connectivity index (χ3v) is 1.01. The summed E-state index contributed by atoms with van der Waals surface area (Å²) in [5.41, 5.74) is 0. The van der Waals surface area contributed by atoms with Crippen LogP contribution in [0.1, 0.15) is 0 Å². The monoisotopic (exact) mass is 100 g/mol. The molecule has 0 radical (unpaired) electrons. The maximum absolute atomic E-state index is 2.85. The lowest BCUT2D eigenvalue weighted by molar-refractivity contribution is 0.469. The molecule has 6 heavy (non-hydrogen) atoms. The second-order valence-corrected chi connectivity index (χ2v) is 1.56. The Labute approximate surface area is 41.0 Å². The second-order valence-electron chi connectivity index (χ2n) is 0.966. The van der Waals surface area contributed by atoms with Crippen LogP contribution in [-0.4, -0.2) is 12.1 Å². The molecule has 0 bridgehead atoms. The quantitative estimate of drug-likeness (QED) is 0.341. The number of nitrogens with one attached hydrogen (secondary N) is 1. The highest BCUT2D eigenvalue weighted by molar-refractivity contribution is 8.02. The number of rotatable bonds is 0. The Morgan fingerprint density at radius 2 is 2.67 bits per heavy atom. The van der Waals surface area contributed by atoms with E-state index in [2.05, 4.69) is 16.1 Å². The minimum Gasteiger partial charge on any atom is -0.259 e. The Hall–Kier alpha value is -0.330. The second kappa shape index (κ2) is 1.41. The van der Waals surface area contributed by atoms with Gasteiger partial charge in [0, 0.05) is 30.3 Å². The molecule has 1 rings (SSSR count). The molecule has 3 heteroatoms. The van der Waals surface area contributed by atoms with Gasteiger partial charge in [0.2, 0.25) is 0 Å². The molecule has 0 unspecified atom stereocenters. The van der Waals surface area contributed by atoms with Crippen LogP contribution in [0.5, 0.6) is 0 Å². The summed E-state index contributed by atoms with van der Waals surface area (Å²) in [4.78, 5) is 2.85. The van der Waals surface area contributed by atoms with E-state index < -0.39 is 0 Å². The lowest BCUT2D eigenvalue weighted by Crippen LogP contribution is -2.18. The summed E-state index contributed by atoms with van der Waals surface area (Å²) in [7, 11) is 1.87. The minimum absolute atomic E-state index is 1.40. The van der Waals surface area contributed by atoms with E-state index in [4.69, 9.17) is 0 Å². The molecule has 0 aliphatic carbocycles. The highest BCUT2D eigenvalue weighted by atomic mass is 32.2. The van der Waals surface area contributed by atoms with Crippen LogP contribution in [0.4, 0.5) is 0 Å².